The Hall–Kier alpha value is -1.39. The number of nitrogens with zero attached hydrogens (tertiary/aromatic N) is 2. The van der Waals surface area contributed by atoms with Crippen molar-refractivity contribution in [3.8, 4) is 5.75 Å². The van der Waals surface area contributed by atoms with Gasteiger partial charge >= 0.3 is 0 Å². The number of carbonyl (C=O) groups excluding carboxylic acids is 1. The Bertz CT molecular complexity index is 500. The number of likely N-dealkylation sites (tertiary alicyclic amines) is 1. The van der Waals surface area contributed by atoms with E-state index in [1.54, 1.807) is 14.0 Å². The molecule has 4 nitrogen and oxygen atoms in total. The fourth-order valence-corrected chi connectivity index (χ4v) is 3.07. The number of benzene rings is 1. The Labute approximate surface area is 127 Å². The van der Waals surface area contributed by atoms with Gasteiger partial charge in [-0.15, -0.1) is 0 Å². The van der Waals surface area contributed by atoms with Crippen LogP contribution in [0.15, 0.2) is 18.2 Å². The van der Waals surface area contributed by atoms with Crippen molar-refractivity contribution in [2.24, 2.45) is 0 Å². The number of ether oxygens (including phenoxy) is 1. The van der Waals surface area contributed by atoms with Gasteiger partial charge in [-0.1, -0.05) is 0 Å². The molecule has 0 bridgehead atoms. The van der Waals surface area contributed by atoms with Crippen molar-refractivity contribution >= 4 is 5.78 Å². The SMILES string of the molecule is COc1ccc(C(C)=O)cc1CN1CCCC1CN(C)C. The summed E-state index contributed by atoms with van der Waals surface area (Å²) in [7, 11) is 5.93. The molecular weight excluding hydrogens is 264 g/mol. The summed E-state index contributed by atoms with van der Waals surface area (Å²) >= 11 is 0. The first-order chi connectivity index (χ1) is 10.0. The number of hydrogen-bond acceptors (Lipinski definition) is 4. The van der Waals surface area contributed by atoms with E-state index < -0.39 is 0 Å². The van der Waals surface area contributed by atoms with Gasteiger partial charge in [0.15, 0.2) is 5.78 Å². The molecule has 0 amide bonds. The second kappa shape index (κ2) is 7.05. The summed E-state index contributed by atoms with van der Waals surface area (Å²) in [6, 6.07) is 6.31. The quantitative estimate of drug-likeness (QED) is 0.753. The van der Waals surface area contributed by atoms with Gasteiger partial charge in [0.1, 0.15) is 5.75 Å². The largest absolute Gasteiger partial charge is 0.496 e. The maximum atomic E-state index is 11.6. The van der Waals surface area contributed by atoms with E-state index in [-0.39, 0.29) is 5.78 Å². The number of ketones is 1. The van der Waals surface area contributed by atoms with Crippen molar-refractivity contribution in [1.29, 1.82) is 0 Å². The normalized spacial score (nSPS) is 19.2. The standard InChI is InChI=1S/C17H26N2O2/c1-13(20)14-7-8-17(21-4)15(10-14)11-19-9-5-6-16(19)12-18(2)3/h7-8,10,16H,5-6,9,11-12H2,1-4H3. The fraction of sp³-hybridized carbons (Fsp3) is 0.588. The molecule has 1 saturated heterocycles. The Morgan fingerprint density at radius 3 is 2.81 bits per heavy atom. The molecule has 0 aromatic heterocycles. The molecule has 0 N–H and O–H groups in total. The number of rotatable bonds is 6. The third kappa shape index (κ3) is 4.05. The lowest BCUT2D eigenvalue weighted by Crippen LogP contribution is -2.37. The van der Waals surface area contributed by atoms with Crippen molar-refractivity contribution in [2.45, 2.75) is 32.4 Å². The lowest BCUT2D eigenvalue weighted by molar-refractivity contribution is 0.101. The van der Waals surface area contributed by atoms with E-state index in [0.717, 1.165) is 36.5 Å². The second-order valence-corrected chi connectivity index (χ2v) is 6.11. The number of Topliss-reactive ketones (excluding diaryl/α,β-unsaturated/α-hetero) is 1. The summed E-state index contributed by atoms with van der Waals surface area (Å²) < 4.78 is 5.46. The monoisotopic (exact) mass is 290 g/mol. The molecule has 1 aromatic rings. The van der Waals surface area contributed by atoms with Gasteiger partial charge in [-0.3, -0.25) is 9.69 Å². The highest BCUT2D eigenvalue weighted by molar-refractivity contribution is 5.94. The van der Waals surface area contributed by atoms with Gasteiger partial charge in [0.2, 0.25) is 0 Å². The molecule has 1 aliphatic rings. The van der Waals surface area contributed by atoms with Gasteiger partial charge in [-0.2, -0.15) is 0 Å². The molecule has 116 valence electrons. The summed E-state index contributed by atoms with van der Waals surface area (Å²) in [6.07, 6.45) is 2.49. The maximum absolute atomic E-state index is 11.6. The lowest BCUT2D eigenvalue weighted by atomic mass is 10.1. The Kier molecular flexibility index (Phi) is 5.37. The second-order valence-electron chi connectivity index (χ2n) is 6.11. The number of hydrogen-bond donors (Lipinski definition) is 0. The van der Waals surface area contributed by atoms with Crippen LogP contribution in [-0.4, -0.2) is 55.9 Å². The van der Waals surface area contributed by atoms with Crippen molar-refractivity contribution in [2.75, 3.05) is 34.3 Å². The zero-order valence-electron chi connectivity index (χ0n) is 13.6. The number of likely N-dealkylation sites (N-methyl/N-ethyl adjacent to an activating group) is 1. The van der Waals surface area contributed by atoms with Crippen LogP contribution in [0.4, 0.5) is 0 Å². The molecule has 4 heteroatoms. The Balaban J connectivity index is 2.17. The molecule has 0 saturated carbocycles. The first-order valence-electron chi connectivity index (χ1n) is 7.58. The van der Waals surface area contributed by atoms with Crippen molar-refractivity contribution < 1.29 is 9.53 Å². The Morgan fingerprint density at radius 1 is 1.43 bits per heavy atom. The molecule has 1 heterocycles. The van der Waals surface area contributed by atoms with E-state index in [0.29, 0.717) is 6.04 Å². The van der Waals surface area contributed by atoms with E-state index >= 15 is 0 Å². The molecule has 21 heavy (non-hydrogen) atoms. The van der Waals surface area contributed by atoms with E-state index in [9.17, 15) is 4.79 Å². The average molecular weight is 290 g/mol. The van der Waals surface area contributed by atoms with Gasteiger partial charge in [0.25, 0.3) is 0 Å². The molecule has 1 atom stereocenters. The first-order valence-corrected chi connectivity index (χ1v) is 7.58. The zero-order chi connectivity index (χ0) is 15.4. The summed E-state index contributed by atoms with van der Waals surface area (Å²) in [5, 5.41) is 0. The van der Waals surface area contributed by atoms with Gasteiger partial charge < -0.3 is 9.64 Å². The van der Waals surface area contributed by atoms with Crippen LogP contribution in [0.5, 0.6) is 5.75 Å². The van der Waals surface area contributed by atoms with Crippen molar-refractivity contribution in [3.05, 3.63) is 29.3 Å². The fourth-order valence-electron chi connectivity index (χ4n) is 3.07. The average Bonchev–Trinajstić information content (AvgIpc) is 2.85. The van der Waals surface area contributed by atoms with Gasteiger partial charge in [0, 0.05) is 30.3 Å². The molecule has 0 spiro atoms. The molecule has 1 fully saturated rings. The smallest absolute Gasteiger partial charge is 0.159 e. The molecule has 1 unspecified atom stereocenters. The first kappa shape index (κ1) is 16.0. The van der Waals surface area contributed by atoms with Crippen molar-refractivity contribution in [3.63, 3.8) is 0 Å². The van der Waals surface area contributed by atoms with E-state index in [1.807, 2.05) is 18.2 Å². The minimum atomic E-state index is 0.102. The Morgan fingerprint density at radius 2 is 2.19 bits per heavy atom. The lowest BCUT2D eigenvalue weighted by Gasteiger charge is -2.27. The number of carbonyl (C=O) groups is 1. The summed E-state index contributed by atoms with van der Waals surface area (Å²) in [6.45, 7) is 4.65. The summed E-state index contributed by atoms with van der Waals surface area (Å²) in [5.41, 5.74) is 1.87. The van der Waals surface area contributed by atoms with Crippen LogP contribution in [0.2, 0.25) is 0 Å². The molecule has 2 rings (SSSR count). The molecule has 0 radical (unpaired) electrons. The molecular formula is C17H26N2O2. The maximum Gasteiger partial charge on any atom is 0.159 e. The van der Waals surface area contributed by atoms with E-state index in [4.69, 9.17) is 4.74 Å². The molecule has 1 aromatic carbocycles. The van der Waals surface area contributed by atoms with Crippen LogP contribution in [0.1, 0.15) is 35.7 Å². The van der Waals surface area contributed by atoms with Crippen LogP contribution in [0.25, 0.3) is 0 Å². The van der Waals surface area contributed by atoms with E-state index in [1.165, 1.54) is 12.8 Å². The van der Waals surface area contributed by atoms with Crippen LogP contribution in [0, 0.1) is 0 Å². The van der Waals surface area contributed by atoms with E-state index in [2.05, 4.69) is 23.9 Å². The van der Waals surface area contributed by atoms with Crippen LogP contribution in [0.3, 0.4) is 0 Å². The highest BCUT2D eigenvalue weighted by atomic mass is 16.5. The predicted molar refractivity (Wildman–Crippen MR) is 85.0 cm³/mol. The summed E-state index contributed by atoms with van der Waals surface area (Å²) in [5.74, 6) is 0.973. The molecule has 1 aliphatic heterocycles. The third-order valence-corrected chi connectivity index (χ3v) is 4.14. The van der Waals surface area contributed by atoms with Crippen LogP contribution < -0.4 is 4.74 Å². The third-order valence-electron chi connectivity index (χ3n) is 4.14. The minimum Gasteiger partial charge on any atom is -0.496 e. The highest BCUT2D eigenvalue weighted by Crippen LogP contribution is 2.26. The van der Waals surface area contributed by atoms with Crippen LogP contribution in [-0.2, 0) is 6.54 Å². The zero-order valence-corrected chi connectivity index (χ0v) is 13.6. The predicted octanol–water partition coefficient (Wildman–Crippen LogP) is 2.42. The summed E-state index contributed by atoms with van der Waals surface area (Å²) in [4.78, 5) is 16.3. The van der Waals surface area contributed by atoms with Crippen molar-refractivity contribution in [1.82, 2.24) is 9.80 Å². The topological polar surface area (TPSA) is 32.8 Å². The van der Waals surface area contributed by atoms with Crippen LogP contribution >= 0.6 is 0 Å². The van der Waals surface area contributed by atoms with Gasteiger partial charge in [-0.05, 0) is 58.6 Å². The van der Waals surface area contributed by atoms with Gasteiger partial charge in [0.05, 0.1) is 7.11 Å². The number of methoxy groups -OCH3 is 1. The highest BCUT2D eigenvalue weighted by Gasteiger charge is 2.25. The van der Waals surface area contributed by atoms with Gasteiger partial charge in [-0.25, -0.2) is 0 Å². The minimum absolute atomic E-state index is 0.102. The molecule has 0 aliphatic carbocycles.